The third-order valence-corrected chi connectivity index (χ3v) is 2.04. The van der Waals surface area contributed by atoms with E-state index in [-0.39, 0.29) is 16.8 Å². The first-order valence-corrected chi connectivity index (χ1v) is 4.89. The topological polar surface area (TPSA) is 83.6 Å². The fourth-order valence-electron chi connectivity index (χ4n) is 1.09. The number of carbonyl (C=O) groups is 1. The van der Waals surface area contributed by atoms with Crippen molar-refractivity contribution in [2.24, 2.45) is 0 Å². The molecule has 82 valence electrons. The molecule has 2 aromatic rings. The quantitative estimate of drug-likeness (QED) is 0.827. The molecule has 0 atom stereocenters. The first-order valence-electron chi connectivity index (χ1n) is 4.51. The van der Waals surface area contributed by atoms with Crippen molar-refractivity contribution in [3.63, 3.8) is 0 Å². The SMILES string of the molecule is O=C(NCc1ncc[nH]1)c1ccc(Cl)nn1. The molecule has 0 aliphatic rings. The Morgan fingerprint density at radius 3 is 2.94 bits per heavy atom. The van der Waals surface area contributed by atoms with Crippen LogP contribution in [0.2, 0.25) is 5.15 Å². The summed E-state index contributed by atoms with van der Waals surface area (Å²) in [5.74, 6) is 0.357. The zero-order chi connectivity index (χ0) is 11.4. The summed E-state index contributed by atoms with van der Waals surface area (Å²) in [5, 5.41) is 10.1. The summed E-state index contributed by atoms with van der Waals surface area (Å²) in [4.78, 5) is 18.4. The van der Waals surface area contributed by atoms with Gasteiger partial charge in [-0.1, -0.05) is 11.6 Å². The van der Waals surface area contributed by atoms with Crippen LogP contribution in [-0.2, 0) is 6.54 Å². The van der Waals surface area contributed by atoms with Gasteiger partial charge in [-0.2, -0.15) is 0 Å². The lowest BCUT2D eigenvalue weighted by atomic mass is 10.3. The van der Waals surface area contributed by atoms with Crippen molar-refractivity contribution in [2.75, 3.05) is 0 Å². The highest BCUT2D eigenvalue weighted by molar-refractivity contribution is 6.29. The zero-order valence-electron chi connectivity index (χ0n) is 8.14. The van der Waals surface area contributed by atoms with Gasteiger partial charge in [0.05, 0.1) is 6.54 Å². The van der Waals surface area contributed by atoms with Crippen molar-refractivity contribution < 1.29 is 4.79 Å². The van der Waals surface area contributed by atoms with Crippen molar-refractivity contribution in [3.05, 3.63) is 41.2 Å². The molecule has 2 aromatic heterocycles. The summed E-state index contributed by atoms with van der Waals surface area (Å²) in [6.07, 6.45) is 3.30. The summed E-state index contributed by atoms with van der Waals surface area (Å²) >= 11 is 5.55. The van der Waals surface area contributed by atoms with Gasteiger partial charge in [-0.15, -0.1) is 10.2 Å². The summed E-state index contributed by atoms with van der Waals surface area (Å²) in [6, 6.07) is 3.02. The van der Waals surface area contributed by atoms with Crippen LogP contribution in [0.4, 0.5) is 0 Å². The first-order chi connectivity index (χ1) is 7.75. The van der Waals surface area contributed by atoms with E-state index in [9.17, 15) is 4.79 Å². The minimum absolute atomic E-state index is 0.218. The van der Waals surface area contributed by atoms with E-state index in [2.05, 4.69) is 25.5 Å². The van der Waals surface area contributed by atoms with Gasteiger partial charge in [0, 0.05) is 12.4 Å². The van der Waals surface area contributed by atoms with Gasteiger partial charge in [-0.25, -0.2) is 4.98 Å². The number of H-pyrrole nitrogens is 1. The molecule has 0 radical (unpaired) electrons. The first kappa shape index (κ1) is 10.6. The average Bonchev–Trinajstić information content (AvgIpc) is 2.80. The normalized spacial score (nSPS) is 10.1. The van der Waals surface area contributed by atoms with Crippen molar-refractivity contribution >= 4 is 17.5 Å². The van der Waals surface area contributed by atoms with E-state index in [0.717, 1.165) is 0 Å². The molecule has 0 fully saturated rings. The van der Waals surface area contributed by atoms with E-state index >= 15 is 0 Å². The van der Waals surface area contributed by atoms with E-state index in [1.165, 1.54) is 12.1 Å². The molecule has 2 N–H and O–H groups in total. The molecular weight excluding hydrogens is 230 g/mol. The second-order valence-electron chi connectivity index (χ2n) is 2.96. The third-order valence-electron chi connectivity index (χ3n) is 1.84. The molecule has 16 heavy (non-hydrogen) atoms. The highest BCUT2D eigenvalue weighted by Crippen LogP contribution is 2.02. The molecule has 0 aliphatic heterocycles. The minimum atomic E-state index is -0.319. The summed E-state index contributed by atoms with van der Waals surface area (Å²) in [6.45, 7) is 0.316. The maximum atomic E-state index is 11.6. The van der Waals surface area contributed by atoms with Gasteiger partial charge in [-0.05, 0) is 12.1 Å². The van der Waals surface area contributed by atoms with Gasteiger partial charge in [0.1, 0.15) is 5.82 Å². The van der Waals surface area contributed by atoms with Crippen molar-refractivity contribution in [2.45, 2.75) is 6.54 Å². The Bertz CT molecular complexity index is 467. The molecule has 0 bridgehead atoms. The van der Waals surface area contributed by atoms with Gasteiger partial charge in [0.2, 0.25) is 0 Å². The molecule has 2 heterocycles. The van der Waals surface area contributed by atoms with E-state index in [0.29, 0.717) is 12.4 Å². The van der Waals surface area contributed by atoms with E-state index in [1.54, 1.807) is 12.4 Å². The summed E-state index contributed by atoms with van der Waals surface area (Å²) < 4.78 is 0. The van der Waals surface area contributed by atoms with Crippen molar-refractivity contribution in [3.8, 4) is 0 Å². The van der Waals surface area contributed by atoms with E-state index in [4.69, 9.17) is 11.6 Å². The number of hydrogen-bond acceptors (Lipinski definition) is 4. The Balaban J connectivity index is 1.95. The Morgan fingerprint density at radius 1 is 1.44 bits per heavy atom. The van der Waals surface area contributed by atoms with Crippen LogP contribution in [-0.4, -0.2) is 26.1 Å². The number of nitrogens with one attached hydrogen (secondary N) is 2. The number of imidazole rings is 1. The molecule has 6 nitrogen and oxygen atoms in total. The number of amides is 1. The maximum absolute atomic E-state index is 11.6. The van der Waals surface area contributed by atoms with Gasteiger partial charge >= 0.3 is 0 Å². The predicted octanol–water partition coefficient (Wildman–Crippen LogP) is 0.783. The molecule has 7 heteroatoms. The van der Waals surface area contributed by atoms with Crippen LogP contribution in [0.3, 0.4) is 0 Å². The second kappa shape index (κ2) is 4.71. The number of rotatable bonds is 3. The van der Waals surface area contributed by atoms with Gasteiger partial charge in [0.15, 0.2) is 10.8 Å². The van der Waals surface area contributed by atoms with E-state index in [1.807, 2.05) is 0 Å². The molecule has 1 amide bonds. The molecule has 0 unspecified atom stereocenters. The molecule has 2 rings (SSSR count). The standard InChI is InChI=1S/C9H8ClN5O/c10-7-2-1-6(14-15-7)9(16)13-5-8-11-3-4-12-8/h1-4H,5H2,(H,11,12)(H,13,16). The highest BCUT2D eigenvalue weighted by atomic mass is 35.5. The Hall–Kier alpha value is -1.95. The molecule has 0 aliphatic carbocycles. The molecule has 0 spiro atoms. The second-order valence-corrected chi connectivity index (χ2v) is 3.35. The summed E-state index contributed by atoms with van der Waals surface area (Å²) in [7, 11) is 0. The number of aromatic amines is 1. The third kappa shape index (κ3) is 2.54. The number of carbonyl (C=O) groups excluding carboxylic acids is 1. The monoisotopic (exact) mass is 237 g/mol. The largest absolute Gasteiger partial charge is 0.347 e. The number of halogens is 1. The maximum Gasteiger partial charge on any atom is 0.272 e. The van der Waals surface area contributed by atoms with Crippen LogP contribution in [0, 0.1) is 0 Å². The Kier molecular flexibility index (Phi) is 3.11. The van der Waals surface area contributed by atoms with Crippen LogP contribution in [0.15, 0.2) is 24.5 Å². The van der Waals surface area contributed by atoms with Gasteiger partial charge < -0.3 is 10.3 Å². The fourth-order valence-corrected chi connectivity index (χ4v) is 1.19. The van der Waals surface area contributed by atoms with Crippen molar-refractivity contribution in [1.82, 2.24) is 25.5 Å². The predicted molar refractivity (Wildman–Crippen MR) is 56.8 cm³/mol. The molecule has 0 saturated carbocycles. The fraction of sp³-hybridized carbons (Fsp3) is 0.111. The van der Waals surface area contributed by atoms with Crippen LogP contribution in [0.1, 0.15) is 16.3 Å². The lowest BCUT2D eigenvalue weighted by Gasteiger charge is -2.01. The minimum Gasteiger partial charge on any atom is -0.347 e. The number of nitrogens with zero attached hydrogens (tertiary/aromatic N) is 3. The number of hydrogen-bond donors (Lipinski definition) is 2. The van der Waals surface area contributed by atoms with E-state index < -0.39 is 0 Å². The smallest absolute Gasteiger partial charge is 0.272 e. The van der Waals surface area contributed by atoms with Gasteiger partial charge in [-0.3, -0.25) is 4.79 Å². The lowest BCUT2D eigenvalue weighted by molar-refractivity contribution is 0.0944. The molecule has 0 aromatic carbocycles. The van der Waals surface area contributed by atoms with Crippen LogP contribution < -0.4 is 5.32 Å². The zero-order valence-corrected chi connectivity index (χ0v) is 8.90. The average molecular weight is 238 g/mol. The Morgan fingerprint density at radius 2 is 2.31 bits per heavy atom. The molecule has 0 saturated heterocycles. The number of aromatic nitrogens is 4. The highest BCUT2D eigenvalue weighted by Gasteiger charge is 2.07. The van der Waals surface area contributed by atoms with Crippen LogP contribution in [0.25, 0.3) is 0 Å². The van der Waals surface area contributed by atoms with Crippen LogP contribution in [0.5, 0.6) is 0 Å². The molecular formula is C9H8ClN5O. The summed E-state index contributed by atoms with van der Waals surface area (Å²) in [5.41, 5.74) is 0.218. The lowest BCUT2D eigenvalue weighted by Crippen LogP contribution is -2.24. The van der Waals surface area contributed by atoms with Gasteiger partial charge in [0.25, 0.3) is 5.91 Å². The van der Waals surface area contributed by atoms with Crippen LogP contribution >= 0.6 is 11.6 Å². The van der Waals surface area contributed by atoms with Crippen molar-refractivity contribution in [1.29, 1.82) is 0 Å². The Labute approximate surface area is 96.1 Å².